The number of halogens is 1. The van der Waals surface area contributed by atoms with Gasteiger partial charge in [-0.2, -0.15) is 0 Å². The number of aromatic nitrogens is 1. The van der Waals surface area contributed by atoms with Crippen LogP contribution in [0.3, 0.4) is 0 Å². The number of carbonyl (C=O) groups excluding carboxylic acids is 1. The maximum Gasteiger partial charge on any atom is 0.161 e. The standard InChI is InChI=1S/C19H30N4O.C9H13F.C2H6/c1-4-21-9-7-18(8-10-21)23-12-11-22(14-15(23)2)19-6-5-17(13-20-19)16(3)24;1-4-8(2)5-6-9(3)7-10;1-2/h5-6,13,15,18H,4,7-12,14H2,1-3H3;4-7H,1-3H3;1-2H3/b;6-5-,8-4-,9-7+;. The van der Waals surface area contributed by atoms with Gasteiger partial charge < -0.3 is 9.80 Å². The maximum absolute atomic E-state index is 11.7. The van der Waals surface area contributed by atoms with Crippen LogP contribution in [0.1, 0.15) is 78.6 Å². The van der Waals surface area contributed by atoms with Gasteiger partial charge in [-0.05, 0) is 84.8 Å². The monoisotopic (exact) mass is 500 g/mol. The largest absolute Gasteiger partial charge is 0.354 e. The van der Waals surface area contributed by atoms with Crippen LogP contribution in [0.15, 0.2) is 54.0 Å². The molecule has 3 rings (SSSR count). The summed E-state index contributed by atoms with van der Waals surface area (Å²) in [7, 11) is 0. The van der Waals surface area contributed by atoms with Crippen molar-refractivity contribution in [2.75, 3.05) is 44.2 Å². The van der Waals surface area contributed by atoms with Gasteiger partial charge in [0.2, 0.25) is 0 Å². The highest BCUT2D eigenvalue weighted by Gasteiger charge is 2.31. The van der Waals surface area contributed by atoms with E-state index in [4.69, 9.17) is 0 Å². The highest BCUT2D eigenvalue weighted by atomic mass is 19.1. The number of Topliss-reactive ketones (excluding diaryl/α,β-unsaturated/α-hetero) is 1. The zero-order chi connectivity index (χ0) is 27.1. The van der Waals surface area contributed by atoms with E-state index in [2.05, 4.69) is 33.5 Å². The molecular formula is C30H49FN4O. The number of rotatable bonds is 6. The third-order valence-corrected chi connectivity index (χ3v) is 6.87. The van der Waals surface area contributed by atoms with E-state index in [1.807, 2.05) is 52.0 Å². The molecule has 2 aliphatic heterocycles. The van der Waals surface area contributed by atoms with Crippen LogP contribution in [0.5, 0.6) is 0 Å². The average molecular weight is 501 g/mol. The van der Waals surface area contributed by atoms with Crippen molar-refractivity contribution < 1.29 is 9.18 Å². The molecule has 6 heteroatoms. The van der Waals surface area contributed by atoms with Crippen LogP contribution in [0.4, 0.5) is 10.2 Å². The zero-order valence-corrected chi connectivity index (χ0v) is 23.9. The molecule has 0 aliphatic carbocycles. The molecule has 2 saturated heterocycles. The Labute approximate surface area is 219 Å². The highest BCUT2D eigenvalue weighted by molar-refractivity contribution is 5.93. The minimum Gasteiger partial charge on any atom is -0.354 e. The van der Waals surface area contributed by atoms with Crippen molar-refractivity contribution in [3.63, 3.8) is 0 Å². The Balaban J connectivity index is 0.000000458. The SMILES string of the molecule is CC.CCN1CCC(N2CCN(c3ccc(C(C)=O)cn3)CC2C)CC1.C\C=C(C)/C=C\C(C)=C\F. The minimum absolute atomic E-state index is 0.0747. The Morgan fingerprint density at radius 1 is 1.06 bits per heavy atom. The molecule has 0 N–H and O–H groups in total. The number of hydrogen-bond donors (Lipinski definition) is 0. The molecule has 0 aromatic carbocycles. The van der Waals surface area contributed by atoms with Gasteiger partial charge in [-0.25, -0.2) is 9.37 Å². The Morgan fingerprint density at radius 3 is 2.17 bits per heavy atom. The number of piperidine rings is 1. The maximum atomic E-state index is 11.7. The first-order chi connectivity index (χ1) is 17.3. The van der Waals surface area contributed by atoms with Gasteiger partial charge in [0.15, 0.2) is 5.78 Å². The van der Waals surface area contributed by atoms with E-state index >= 15 is 0 Å². The number of carbonyl (C=O) groups is 1. The van der Waals surface area contributed by atoms with Crippen molar-refractivity contribution >= 4 is 11.6 Å². The fourth-order valence-corrected chi connectivity index (χ4v) is 4.47. The first kappa shape index (κ1) is 31.7. The molecule has 1 aromatic rings. The fraction of sp³-hybridized carbons (Fsp3) is 0.600. The number of nitrogens with zero attached hydrogens (tertiary/aromatic N) is 4. The number of likely N-dealkylation sites (tertiary alicyclic amines) is 1. The van der Waals surface area contributed by atoms with Crippen LogP contribution in [0.25, 0.3) is 0 Å². The number of hydrogen-bond acceptors (Lipinski definition) is 5. The van der Waals surface area contributed by atoms with E-state index in [0.717, 1.165) is 37.1 Å². The van der Waals surface area contributed by atoms with Crippen molar-refractivity contribution in [3.8, 4) is 0 Å². The van der Waals surface area contributed by atoms with Gasteiger partial charge in [0.1, 0.15) is 5.82 Å². The summed E-state index contributed by atoms with van der Waals surface area (Å²) in [5.41, 5.74) is 2.47. The van der Waals surface area contributed by atoms with Gasteiger partial charge in [0.05, 0.1) is 6.33 Å². The van der Waals surface area contributed by atoms with Crippen molar-refractivity contribution in [2.24, 2.45) is 0 Å². The Kier molecular flexibility index (Phi) is 15.2. The average Bonchev–Trinajstić information content (AvgIpc) is 2.93. The van der Waals surface area contributed by atoms with Crippen molar-refractivity contribution in [3.05, 3.63) is 59.6 Å². The molecule has 5 nitrogen and oxygen atoms in total. The Bertz CT molecular complexity index is 834. The van der Waals surface area contributed by atoms with E-state index < -0.39 is 0 Å². The molecule has 202 valence electrons. The second-order valence-corrected chi connectivity index (χ2v) is 9.38. The molecule has 0 spiro atoms. The number of pyridine rings is 1. The molecule has 0 amide bonds. The second kappa shape index (κ2) is 17.2. The van der Waals surface area contributed by atoms with E-state index in [1.165, 1.54) is 32.5 Å². The lowest BCUT2D eigenvalue weighted by atomic mass is 10.00. The molecule has 2 aliphatic rings. The fourth-order valence-electron chi connectivity index (χ4n) is 4.47. The molecular weight excluding hydrogens is 451 g/mol. The predicted octanol–water partition coefficient (Wildman–Crippen LogP) is 6.69. The van der Waals surface area contributed by atoms with E-state index in [1.54, 1.807) is 26.1 Å². The topological polar surface area (TPSA) is 39.7 Å². The summed E-state index contributed by atoms with van der Waals surface area (Å²) in [6.07, 6.45) is 10.5. The lowest BCUT2D eigenvalue weighted by Gasteiger charge is -2.46. The summed E-state index contributed by atoms with van der Waals surface area (Å²) in [5.74, 6) is 1.07. The third kappa shape index (κ3) is 10.4. The molecule has 1 atom stereocenters. The summed E-state index contributed by atoms with van der Waals surface area (Å²) < 4.78 is 11.7. The number of piperazine rings is 1. The molecule has 0 saturated carbocycles. The highest BCUT2D eigenvalue weighted by Crippen LogP contribution is 2.24. The zero-order valence-electron chi connectivity index (χ0n) is 23.9. The Hall–Kier alpha value is -2.31. The van der Waals surface area contributed by atoms with Crippen molar-refractivity contribution in [1.82, 2.24) is 14.8 Å². The molecule has 1 unspecified atom stereocenters. The van der Waals surface area contributed by atoms with E-state index in [9.17, 15) is 9.18 Å². The van der Waals surface area contributed by atoms with Gasteiger partial charge in [-0.15, -0.1) is 0 Å². The summed E-state index contributed by atoms with van der Waals surface area (Å²) in [5, 5.41) is 0. The summed E-state index contributed by atoms with van der Waals surface area (Å²) in [6, 6.07) is 5.16. The van der Waals surface area contributed by atoms with Crippen molar-refractivity contribution in [2.45, 2.75) is 80.3 Å². The predicted molar refractivity (Wildman–Crippen MR) is 153 cm³/mol. The van der Waals surface area contributed by atoms with Gasteiger partial charge in [0, 0.05) is 43.5 Å². The normalized spacial score (nSPS) is 20.5. The lowest BCUT2D eigenvalue weighted by Crippen LogP contribution is -2.57. The van der Waals surface area contributed by atoms with Crippen LogP contribution < -0.4 is 4.90 Å². The lowest BCUT2D eigenvalue weighted by molar-refractivity contribution is 0.0731. The molecule has 2 fully saturated rings. The molecule has 3 heterocycles. The first-order valence-corrected chi connectivity index (χ1v) is 13.6. The van der Waals surface area contributed by atoms with E-state index in [0.29, 0.717) is 23.5 Å². The molecule has 0 radical (unpaired) electrons. The minimum atomic E-state index is 0.0747. The quantitative estimate of drug-likeness (QED) is 0.322. The van der Waals surface area contributed by atoms with Gasteiger partial charge >= 0.3 is 0 Å². The Morgan fingerprint density at radius 2 is 1.69 bits per heavy atom. The third-order valence-electron chi connectivity index (χ3n) is 6.87. The summed E-state index contributed by atoms with van der Waals surface area (Å²) >= 11 is 0. The van der Waals surface area contributed by atoms with Gasteiger partial charge in [-0.1, -0.05) is 44.6 Å². The first-order valence-electron chi connectivity index (χ1n) is 13.6. The van der Waals surface area contributed by atoms with E-state index in [-0.39, 0.29) is 5.78 Å². The number of anilines is 1. The summed E-state index contributed by atoms with van der Waals surface area (Å²) in [4.78, 5) is 23.5. The van der Waals surface area contributed by atoms with Crippen LogP contribution in [0, 0.1) is 0 Å². The van der Waals surface area contributed by atoms with Gasteiger partial charge in [-0.3, -0.25) is 9.69 Å². The molecule has 0 bridgehead atoms. The van der Waals surface area contributed by atoms with Crippen LogP contribution in [0.2, 0.25) is 0 Å². The number of allylic oxidation sites excluding steroid dienone is 5. The van der Waals surface area contributed by atoms with Crippen LogP contribution in [-0.4, -0.2) is 71.9 Å². The van der Waals surface area contributed by atoms with Crippen LogP contribution in [-0.2, 0) is 0 Å². The molecule has 36 heavy (non-hydrogen) atoms. The summed E-state index contributed by atoms with van der Waals surface area (Å²) in [6.45, 7) is 22.6. The molecule has 1 aromatic heterocycles. The number of ketones is 1. The van der Waals surface area contributed by atoms with Gasteiger partial charge in [0.25, 0.3) is 0 Å². The van der Waals surface area contributed by atoms with Crippen LogP contribution >= 0.6 is 0 Å². The smallest absolute Gasteiger partial charge is 0.161 e. The second-order valence-electron chi connectivity index (χ2n) is 9.38. The van der Waals surface area contributed by atoms with Crippen molar-refractivity contribution in [1.29, 1.82) is 0 Å².